The standard InChI is InChI=1S/C17H18N4O2/c1-2-23-17(22)4-3-13-10-20-16(9-14(13)18)21-8-6-12-5-7-19-11-15(12)21/h5-11H,2-4H2,1H3,(H2,18,20). The topological polar surface area (TPSA) is 83.0 Å². The van der Waals surface area contributed by atoms with Crippen molar-refractivity contribution in [2.45, 2.75) is 19.8 Å². The van der Waals surface area contributed by atoms with E-state index in [0.717, 1.165) is 22.3 Å². The van der Waals surface area contributed by atoms with Crippen LogP contribution in [0.3, 0.4) is 0 Å². The average Bonchev–Trinajstić information content (AvgIpc) is 2.98. The zero-order valence-corrected chi connectivity index (χ0v) is 12.9. The highest BCUT2D eigenvalue weighted by Gasteiger charge is 2.09. The van der Waals surface area contributed by atoms with E-state index in [2.05, 4.69) is 9.97 Å². The van der Waals surface area contributed by atoms with Crippen LogP contribution in [0, 0.1) is 0 Å². The highest BCUT2D eigenvalue weighted by atomic mass is 16.5. The fourth-order valence-corrected chi connectivity index (χ4v) is 2.47. The molecule has 0 aliphatic carbocycles. The van der Waals surface area contributed by atoms with Crippen LogP contribution >= 0.6 is 0 Å². The first-order chi connectivity index (χ1) is 11.2. The number of anilines is 1. The molecule has 0 unspecified atom stereocenters. The SMILES string of the molecule is CCOC(=O)CCc1cnc(-n2ccc3ccncc32)cc1N. The molecule has 6 nitrogen and oxygen atoms in total. The van der Waals surface area contributed by atoms with E-state index in [1.807, 2.05) is 29.0 Å². The monoisotopic (exact) mass is 310 g/mol. The molecule has 3 aromatic heterocycles. The number of hydrogen-bond donors (Lipinski definition) is 1. The lowest BCUT2D eigenvalue weighted by Gasteiger charge is -2.09. The molecule has 0 spiro atoms. The highest BCUT2D eigenvalue weighted by Crippen LogP contribution is 2.21. The summed E-state index contributed by atoms with van der Waals surface area (Å²) >= 11 is 0. The fourth-order valence-electron chi connectivity index (χ4n) is 2.47. The zero-order chi connectivity index (χ0) is 16.2. The summed E-state index contributed by atoms with van der Waals surface area (Å²) in [5.41, 5.74) is 8.54. The molecule has 6 heteroatoms. The number of nitrogen functional groups attached to an aromatic ring is 1. The van der Waals surface area contributed by atoms with E-state index in [0.29, 0.717) is 25.1 Å². The number of nitrogens with two attached hydrogens (primary N) is 1. The summed E-state index contributed by atoms with van der Waals surface area (Å²) in [5, 5.41) is 1.09. The number of esters is 1. The maximum Gasteiger partial charge on any atom is 0.306 e. The summed E-state index contributed by atoms with van der Waals surface area (Å²) in [7, 11) is 0. The maximum atomic E-state index is 11.4. The van der Waals surface area contributed by atoms with Gasteiger partial charge in [0, 0.05) is 42.2 Å². The van der Waals surface area contributed by atoms with Gasteiger partial charge in [0.25, 0.3) is 0 Å². The number of rotatable bonds is 5. The summed E-state index contributed by atoms with van der Waals surface area (Å²) in [5.74, 6) is 0.504. The van der Waals surface area contributed by atoms with Gasteiger partial charge in [0.15, 0.2) is 0 Å². The number of nitrogens with zero attached hydrogens (tertiary/aromatic N) is 3. The molecular weight excluding hydrogens is 292 g/mol. The van der Waals surface area contributed by atoms with Crippen molar-refractivity contribution < 1.29 is 9.53 Å². The Morgan fingerprint density at radius 1 is 1.35 bits per heavy atom. The van der Waals surface area contributed by atoms with E-state index < -0.39 is 0 Å². The quantitative estimate of drug-likeness (QED) is 0.732. The fraction of sp³-hybridized carbons (Fsp3) is 0.235. The summed E-state index contributed by atoms with van der Waals surface area (Å²) in [6.45, 7) is 2.18. The van der Waals surface area contributed by atoms with Crippen molar-refractivity contribution in [2.24, 2.45) is 0 Å². The summed E-state index contributed by atoms with van der Waals surface area (Å²) in [6, 6.07) is 5.76. The van der Waals surface area contributed by atoms with Gasteiger partial charge in [-0.05, 0) is 31.0 Å². The first kappa shape index (κ1) is 15.0. The molecular formula is C17H18N4O2. The van der Waals surface area contributed by atoms with Crippen molar-refractivity contribution in [2.75, 3.05) is 12.3 Å². The molecule has 118 valence electrons. The van der Waals surface area contributed by atoms with Gasteiger partial charge in [-0.15, -0.1) is 0 Å². The van der Waals surface area contributed by atoms with Crippen molar-refractivity contribution in [1.29, 1.82) is 0 Å². The van der Waals surface area contributed by atoms with E-state index in [9.17, 15) is 4.79 Å². The third-order valence-electron chi connectivity index (χ3n) is 3.65. The first-order valence-corrected chi connectivity index (χ1v) is 7.50. The number of hydrogen-bond acceptors (Lipinski definition) is 5. The van der Waals surface area contributed by atoms with E-state index >= 15 is 0 Å². The molecule has 0 saturated carbocycles. The Morgan fingerprint density at radius 3 is 3.00 bits per heavy atom. The Kier molecular flexibility index (Phi) is 4.23. The van der Waals surface area contributed by atoms with Crippen LogP contribution in [0.15, 0.2) is 43.0 Å². The Hall–Kier alpha value is -2.89. The predicted molar refractivity (Wildman–Crippen MR) is 88.2 cm³/mol. The molecule has 3 heterocycles. The van der Waals surface area contributed by atoms with Gasteiger partial charge >= 0.3 is 5.97 Å². The Labute approximate surface area is 133 Å². The van der Waals surface area contributed by atoms with Crippen molar-refractivity contribution in [3.8, 4) is 5.82 Å². The number of aromatic nitrogens is 3. The largest absolute Gasteiger partial charge is 0.466 e. The van der Waals surface area contributed by atoms with Crippen LogP contribution in [-0.4, -0.2) is 27.1 Å². The zero-order valence-electron chi connectivity index (χ0n) is 12.9. The Morgan fingerprint density at radius 2 is 2.22 bits per heavy atom. The van der Waals surface area contributed by atoms with Crippen LogP contribution in [0.2, 0.25) is 0 Å². The molecule has 2 N–H and O–H groups in total. The van der Waals surface area contributed by atoms with Gasteiger partial charge in [-0.25, -0.2) is 4.98 Å². The van der Waals surface area contributed by atoms with Crippen molar-refractivity contribution >= 4 is 22.6 Å². The second-order valence-electron chi connectivity index (χ2n) is 5.17. The van der Waals surface area contributed by atoms with Gasteiger partial charge < -0.3 is 10.5 Å². The summed E-state index contributed by atoms with van der Waals surface area (Å²) < 4.78 is 6.86. The van der Waals surface area contributed by atoms with Crippen LogP contribution < -0.4 is 5.73 Å². The molecule has 0 bridgehead atoms. The van der Waals surface area contributed by atoms with E-state index in [4.69, 9.17) is 10.5 Å². The lowest BCUT2D eigenvalue weighted by Crippen LogP contribution is -2.07. The smallest absolute Gasteiger partial charge is 0.306 e. The van der Waals surface area contributed by atoms with Gasteiger partial charge in [0.05, 0.1) is 18.3 Å². The normalized spacial score (nSPS) is 10.8. The first-order valence-electron chi connectivity index (χ1n) is 7.50. The van der Waals surface area contributed by atoms with Gasteiger partial charge in [-0.3, -0.25) is 14.3 Å². The molecule has 0 saturated heterocycles. The molecule has 0 fully saturated rings. The lowest BCUT2D eigenvalue weighted by atomic mass is 10.1. The number of ether oxygens (including phenoxy) is 1. The molecule has 0 radical (unpaired) electrons. The van der Waals surface area contributed by atoms with Crippen LogP contribution in [0.4, 0.5) is 5.69 Å². The third-order valence-corrected chi connectivity index (χ3v) is 3.65. The van der Waals surface area contributed by atoms with Gasteiger partial charge in [0.1, 0.15) is 5.82 Å². The molecule has 23 heavy (non-hydrogen) atoms. The van der Waals surface area contributed by atoms with Crippen LogP contribution in [0.5, 0.6) is 0 Å². The maximum absolute atomic E-state index is 11.4. The Balaban J connectivity index is 1.83. The number of carbonyl (C=O) groups excluding carboxylic acids is 1. The van der Waals surface area contributed by atoms with Crippen LogP contribution in [-0.2, 0) is 16.0 Å². The van der Waals surface area contributed by atoms with Gasteiger partial charge in [-0.2, -0.15) is 0 Å². The number of aryl methyl sites for hydroxylation is 1. The van der Waals surface area contributed by atoms with E-state index in [1.54, 1.807) is 25.5 Å². The average molecular weight is 310 g/mol. The van der Waals surface area contributed by atoms with Crippen LogP contribution in [0.25, 0.3) is 16.7 Å². The molecule has 0 atom stereocenters. The summed E-state index contributed by atoms with van der Waals surface area (Å²) in [6.07, 6.45) is 8.02. The predicted octanol–water partition coefficient (Wildman–Crippen LogP) is 2.50. The second kappa shape index (κ2) is 6.48. The minimum atomic E-state index is -0.224. The Bertz CT molecular complexity index is 841. The third kappa shape index (κ3) is 3.15. The van der Waals surface area contributed by atoms with Gasteiger partial charge in [0.2, 0.25) is 0 Å². The van der Waals surface area contributed by atoms with Crippen molar-refractivity contribution in [1.82, 2.24) is 14.5 Å². The minimum Gasteiger partial charge on any atom is -0.466 e. The molecule has 3 aromatic rings. The molecule has 0 aliphatic rings. The summed E-state index contributed by atoms with van der Waals surface area (Å²) in [4.78, 5) is 20.0. The number of pyridine rings is 2. The molecule has 0 aliphatic heterocycles. The van der Waals surface area contributed by atoms with Crippen molar-refractivity contribution in [3.63, 3.8) is 0 Å². The molecule has 3 rings (SSSR count). The van der Waals surface area contributed by atoms with E-state index in [-0.39, 0.29) is 5.97 Å². The lowest BCUT2D eigenvalue weighted by molar-refractivity contribution is -0.143. The number of fused-ring (bicyclic) bond motifs is 1. The molecule has 0 aromatic carbocycles. The van der Waals surface area contributed by atoms with Crippen molar-refractivity contribution in [3.05, 3.63) is 48.5 Å². The molecule has 0 amide bonds. The van der Waals surface area contributed by atoms with Crippen LogP contribution in [0.1, 0.15) is 18.9 Å². The van der Waals surface area contributed by atoms with E-state index in [1.165, 1.54) is 0 Å². The highest BCUT2D eigenvalue weighted by molar-refractivity contribution is 5.80. The second-order valence-corrected chi connectivity index (χ2v) is 5.17. The minimum absolute atomic E-state index is 0.224. The van der Waals surface area contributed by atoms with Gasteiger partial charge in [-0.1, -0.05) is 0 Å². The number of carbonyl (C=O) groups is 1.